The van der Waals surface area contributed by atoms with Gasteiger partial charge in [0.05, 0.1) is 10.0 Å². The van der Waals surface area contributed by atoms with Gasteiger partial charge in [-0.3, -0.25) is 9.59 Å². The van der Waals surface area contributed by atoms with Crippen LogP contribution in [0.5, 0.6) is 0 Å². The highest BCUT2D eigenvalue weighted by molar-refractivity contribution is 6.42. The first-order valence-electron chi connectivity index (χ1n) is 10.9. The molecule has 1 aliphatic heterocycles. The molecule has 33 heavy (non-hydrogen) atoms. The minimum atomic E-state index is -0.484. The van der Waals surface area contributed by atoms with Crippen LogP contribution in [0, 0.1) is 0 Å². The van der Waals surface area contributed by atoms with Crippen molar-refractivity contribution in [2.75, 3.05) is 13.1 Å². The van der Waals surface area contributed by atoms with E-state index in [0.29, 0.717) is 40.7 Å². The first kappa shape index (κ1) is 22.0. The fourth-order valence-corrected chi connectivity index (χ4v) is 5.05. The van der Waals surface area contributed by atoms with Crippen molar-refractivity contribution in [3.8, 4) is 22.3 Å². The molecule has 1 aliphatic carbocycles. The van der Waals surface area contributed by atoms with Crippen LogP contribution in [0.2, 0.25) is 10.0 Å². The summed E-state index contributed by atoms with van der Waals surface area (Å²) in [5.41, 5.74) is 18.3. The van der Waals surface area contributed by atoms with Crippen LogP contribution in [0.4, 0.5) is 0 Å². The van der Waals surface area contributed by atoms with E-state index >= 15 is 0 Å². The predicted molar refractivity (Wildman–Crippen MR) is 132 cm³/mol. The topological polar surface area (TPSA) is 89.4 Å². The molecule has 0 spiro atoms. The van der Waals surface area contributed by atoms with Gasteiger partial charge in [-0.05, 0) is 89.0 Å². The minimum absolute atomic E-state index is 0.00825. The summed E-state index contributed by atoms with van der Waals surface area (Å²) in [6.45, 7) is 1.34. The average molecular weight is 480 g/mol. The summed E-state index contributed by atoms with van der Waals surface area (Å²) in [6, 6.07) is 15.1. The molecule has 168 valence electrons. The van der Waals surface area contributed by atoms with E-state index in [1.54, 1.807) is 18.2 Å². The SMILES string of the molecule is NC(=O)c1cc(-c2ccc(Cl)c(Cl)c2)cc2c1Cc1ccc(C(=O)N3CCC(N)CC3)cc1-2. The molecule has 2 aliphatic rings. The van der Waals surface area contributed by atoms with Crippen LogP contribution in [0.15, 0.2) is 48.5 Å². The molecule has 3 aromatic rings. The number of benzene rings is 3. The number of likely N-dealkylation sites (tertiary alicyclic amines) is 1. The van der Waals surface area contributed by atoms with Gasteiger partial charge in [-0.1, -0.05) is 35.3 Å². The molecule has 0 atom stereocenters. The highest BCUT2D eigenvalue weighted by Gasteiger charge is 2.27. The van der Waals surface area contributed by atoms with Crippen LogP contribution < -0.4 is 11.5 Å². The lowest BCUT2D eigenvalue weighted by Crippen LogP contribution is -2.42. The Labute approximate surface area is 202 Å². The van der Waals surface area contributed by atoms with Crippen molar-refractivity contribution in [2.45, 2.75) is 25.3 Å². The van der Waals surface area contributed by atoms with Gasteiger partial charge in [-0.2, -0.15) is 0 Å². The molecule has 3 aromatic carbocycles. The van der Waals surface area contributed by atoms with Crippen molar-refractivity contribution in [1.29, 1.82) is 0 Å². The van der Waals surface area contributed by atoms with E-state index in [4.69, 9.17) is 34.7 Å². The summed E-state index contributed by atoms with van der Waals surface area (Å²) in [5.74, 6) is -0.476. The van der Waals surface area contributed by atoms with Crippen LogP contribution in [-0.4, -0.2) is 35.8 Å². The number of carbonyl (C=O) groups is 2. The number of nitrogens with two attached hydrogens (primary N) is 2. The van der Waals surface area contributed by atoms with Crippen molar-refractivity contribution >= 4 is 35.0 Å². The van der Waals surface area contributed by atoms with Gasteiger partial charge in [0, 0.05) is 30.3 Å². The van der Waals surface area contributed by atoms with Gasteiger partial charge >= 0.3 is 0 Å². The lowest BCUT2D eigenvalue weighted by molar-refractivity contribution is 0.0714. The number of nitrogens with zero attached hydrogens (tertiary/aromatic N) is 1. The molecule has 5 nitrogen and oxygen atoms in total. The average Bonchev–Trinajstić information content (AvgIpc) is 3.18. The van der Waals surface area contributed by atoms with Gasteiger partial charge < -0.3 is 16.4 Å². The van der Waals surface area contributed by atoms with E-state index in [1.807, 2.05) is 35.2 Å². The lowest BCUT2D eigenvalue weighted by atomic mass is 9.93. The highest BCUT2D eigenvalue weighted by atomic mass is 35.5. The molecule has 1 heterocycles. The standard InChI is InChI=1S/C26H23Cl2N3O2/c27-23-4-3-14(13-24(23)28)17-11-20-19-10-16(26(33)31-7-5-18(29)6-8-31)2-1-15(19)9-21(20)22(12-17)25(30)32/h1-4,10-13,18H,5-9,29H2,(H2,30,32). The number of primary amides is 1. The molecular weight excluding hydrogens is 457 g/mol. The van der Waals surface area contributed by atoms with Gasteiger partial charge in [0.25, 0.3) is 5.91 Å². The van der Waals surface area contributed by atoms with Crippen molar-refractivity contribution in [3.05, 3.63) is 80.8 Å². The number of halogens is 2. The zero-order chi connectivity index (χ0) is 23.3. The van der Waals surface area contributed by atoms with Crippen molar-refractivity contribution in [3.63, 3.8) is 0 Å². The second-order valence-electron chi connectivity index (χ2n) is 8.72. The molecule has 7 heteroatoms. The van der Waals surface area contributed by atoms with Crippen LogP contribution in [0.3, 0.4) is 0 Å². The Kier molecular flexibility index (Phi) is 5.65. The Balaban J connectivity index is 1.58. The number of amides is 2. The third-order valence-corrected chi connectivity index (χ3v) is 7.35. The lowest BCUT2D eigenvalue weighted by Gasteiger charge is -2.30. The quantitative estimate of drug-likeness (QED) is 0.438. The predicted octanol–water partition coefficient (Wildman–Crippen LogP) is 4.89. The van der Waals surface area contributed by atoms with E-state index in [-0.39, 0.29) is 11.9 Å². The molecule has 0 radical (unpaired) electrons. The molecule has 0 aromatic heterocycles. The monoisotopic (exact) mass is 479 g/mol. The first-order chi connectivity index (χ1) is 15.8. The van der Waals surface area contributed by atoms with E-state index in [0.717, 1.165) is 46.2 Å². The third kappa shape index (κ3) is 4.01. The molecule has 0 saturated carbocycles. The second kappa shape index (κ2) is 8.49. The van der Waals surface area contributed by atoms with Gasteiger partial charge in [-0.15, -0.1) is 0 Å². The molecule has 1 fully saturated rings. The van der Waals surface area contributed by atoms with E-state index in [9.17, 15) is 9.59 Å². The third-order valence-electron chi connectivity index (χ3n) is 6.61. The Bertz CT molecular complexity index is 1300. The molecule has 5 rings (SSSR count). The minimum Gasteiger partial charge on any atom is -0.366 e. The summed E-state index contributed by atoms with van der Waals surface area (Å²) in [5, 5.41) is 0.897. The van der Waals surface area contributed by atoms with Gasteiger partial charge in [-0.25, -0.2) is 0 Å². The van der Waals surface area contributed by atoms with Crippen molar-refractivity contribution in [1.82, 2.24) is 4.90 Å². The van der Waals surface area contributed by atoms with Crippen LogP contribution in [0.25, 0.3) is 22.3 Å². The van der Waals surface area contributed by atoms with Gasteiger partial charge in [0.15, 0.2) is 0 Å². The van der Waals surface area contributed by atoms with E-state index < -0.39 is 5.91 Å². The number of hydrogen-bond acceptors (Lipinski definition) is 3. The molecule has 2 amide bonds. The highest BCUT2D eigenvalue weighted by Crippen LogP contribution is 2.42. The van der Waals surface area contributed by atoms with E-state index in [2.05, 4.69) is 0 Å². The Morgan fingerprint density at radius 1 is 0.879 bits per heavy atom. The number of fused-ring (bicyclic) bond motifs is 3. The van der Waals surface area contributed by atoms with Crippen LogP contribution in [0.1, 0.15) is 44.7 Å². The number of piperidine rings is 1. The summed E-state index contributed by atoms with van der Waals surface area (Å²) >= 11 is 12.3. The van der Waals surface area contributed by atoms with Crippen molar-refractivity contribution in [2.24, 2.45) is 11.5 Å². The van der Waals surface area contributed by atoms with E-state index in [1.165, 1.54) is 0 Å². The fourth-order valence-electron chi connectivity index (χ4n) is 4.75. The number of rotatable bonds is 3. The van der Waals surface area contributed by atoms with Crippen LogP contribution >= 0.6 is 23.2 Å². The summed E-state index contributed by atoms with van der Waals surface area (Å²) < 4.78 is 0. The largest absolute Gasteiger partial charge is 0.366 e. The first-order valence-corrected chi connectivity index (χ1v) is 11.7. The summed E-state index contributed by atoms with van der Waals surface area (Å²) in [6.07, 6.45) is 2.22. The van der Waals surface area contributed by atoms with Crippen molar-refractivity contribution < 1.29 is 9.59 Å². The summed E-state index contributed by atoms with van der Waals surface area (Å²) in [4.78, 5) is 27.3. The Hall–Kier alpha value is -2.86. The molecule has 0 unspecified atom stereocenters. The zero-order valence-electron chi connectivity index (χ0n) is 17.9. The molecule has 4 N–H and O–H groups in total. The number of hydrogen-bond donors (Lipinski definition) is 2. The summed E-state index contributed by atoms with van der Waals surface area (Å²) in [7, 11) is 0. The maximum absolute atomic E-state index is 13.1. The van der Waals surface area contributed by atoms with Gasteiger partial charge in [0.2, 0.25) is 5.91 Å². The Morgan fingerprint density at radius 3 is 2.33 bits per heavy atom. The molecule has 0 bridgehead atoms. The smallest absolute Gasteiger partial charge is 0.253 e. The normalized spacial score (nSPS) is 15.3. The molecule has 1 saturated heterocycles. The number of carbonyl (C=O) groups excluding carboxylic acids is 2. The fraction of sp³-hybridized carbons (Fsp3) is 0.231. The van der Waals surface area contributed by atoms with Gasteiger partial charge in [0.1, 0.15) is 0 Å². The maximum atomic E-state index is 13.1. The second-order valence-corrected chi connectivity index (χ2v) is 9.54. The van der Waals surface area contributed by atoms with Crippen LogP contribution in [-0.2, 0) is 6.42 Å². The molecular formula is C26H23Cl2N3O2. The maximum Gasteiger partial charge on any atom is 0.253 e. The zero-order valence-corrected chi connectivity index (χ0v) is 19.4. The Morgan fingerprint density at radius 2 is 1.64 bits per heavy atom.